The van der Waals surface area contributed by atoms with Crippen LogP contribution in [0.25, 0.3) is 0 Å². The van der Waals surface area contributed by atoms with Gasteiger partial charge in [0.25, 0.3) is 0 Å². The Morgan fingerprint density at radius 2 is 2.33 bits per heavy atom. The van der Waals surface area contributed by atoms with Gasteiger partial charge < -0.3 is 20.3 Å². The average Bonchev–Trinajstić information content (AvgIpc) is 2.66. The molecular weight excluding hydrogens is 234 g/mol. The highest BCUT2D eigenvalue weighted by molar-refractivity contribution is 5.56. The third kappa shape index (κ3) is 2.17. The van der Waals surface area contributed by atoms with Crippen molar-refractivity contribution >= 4 is 11.6 Å². The standard InChI is InChI=1S/C11H19N5O2/c1-4-15-9(3)13-10(16(17)18)11(15)14-6-5-12-8(2)7-14/h8,12H,4-7H2,1-3H3/t8-/m1/s1. The van der Waals surface area contributed by atoms with Crippen molar-refractivity contribution in [3.8, 4) is 0 Å². The second-order valence-corrected chi connectivity index (χ2v) is 4.61. The van der Waals surface area contributed by atoms with Crippen molar-refractivity contribution in [3.05, 3.63) is 15.9 Å². The normalized spacial score (nSPS) is 20.2. The molecule has 1 atom stereocenters. The predicted molar refractivity (Wildman–Crippen MR) is 69.0 cm³/mol. The maximum atomic E-state index is 11.1. The third-order valence-electron chi connectivity index (χ3n) is 3.27. The largest absolute Gasteiger partial charge is 0.406 e. The number of aryl methyl sites for hydroxylation is 1. The highest BCUT2D eigenvalue weighted by Gasteiger charge is 2.31. The number of anilines is 1. The zero-order chi connectivity index (χ0) is 13.3. The van der Waals surface area contributed by atoms with Crippen LogP contribution in [0.3, 0.4) is 0 Å². The molecular formula is C11H19N5O2. The number of nitrogens with one attached hydrogen (secondary N) is 1. The fourth-order valence-corrected chi connectivity index (χ4v) is 2.48. The summed E-state index contributed by atoms with van der Waals surface area (Å²) in [5, 5.41) is 14.4. The lowest BCUT2D eigenvalue weighted by Gasteiger charge is -2.33. The number of imidazole rings is 1. The van der Waals surface area contributed by atoms with Crippen LogP contribution in [-0.2, 0) is 6.54 Å². The number of piperazine rings is 1. The first kappa shape index (κ1) is 12.8. The van der Waals surface area contributed by atoms with Crippen LogP contribution in [0.5, 0.6) is 0 Å². The molecule has 7 heteroatoms. The quantitative estimate of drug-likeness (QED) is 0.640. The summed E-state index contributed by atoms with van der Waals surface area (Å²) in [6, 6.07) is 0.332. The van der Waals surface area contributed by atoms with Gasteiger partial charge in [0.15, 0.2) is 0 Å². The van der Waals surface area contributed by atoms with Crippen LogP contribution in [-0.4, -0.2) is 40.2 Å². The first-order valence-electron chi connectivity index (χ1n) is 6.24. The van der Waals surface area contributed by atoms with E-state index in [1.54, 1.807) is 0 Å². The number of nitro groups is 1. The molecule has 2 rings (SSSR count). The van der Waals surface area contributed by atoms with E-state index in [2.05, 4.69) is 22.1 Å². The summed E-state index contributed by atoms with van der Waals surface area (Å²) in [6.45, 7) is 8.95. The lowest BCUT2D eigenvalue weighted by molar-refractivity contribution is -0.388. The summed E-state index contributed by atoms with van der Waals surface area (Å²) in [5.41, 5.74) is 0. The molecule has 0 aromatic carbocycles. The number of rotatable bonds is 3. The van der Waals surface area contributed by atoms with Crippen LogP contribution >= 0.6 is 0 Å². The first-order valence-corrected chi connectivity index (χ1v) is 6.24. The van der Waals surface area contributed by atoms with Crippen LogP contribution < -0.4 is 10.2 Å². The Morgan fingerprint density at radius 1 is 1.61 bits per heavy atom. The number of nitrogens with zero attached hydrogens (tertiary/aromatic N) is 4. The van der Waals surface area contributed by atoms with Gasteiger partial charge in [-0.15, -0.1) is 0 Å². The molecule has 1 aliphatic rings. The first-order chi connectivity index (χ1) is 8.54. The zero-order valence-corrected chi connectivity index (χ0v) is 11.0. The maximum absolute atomic E-state index is 11.1. The van der Waals surface area contributed by atoms with E-state index in [0.29, 0.717) is 24.2 Å². The minimum Gasteiger partial charge on any atom is -0.358 e. The molecule has 0 unspecified atom stereocenters. The van der Waals surface area contributed by atoms with Crippen molar-refractivity contribution < 1.29 is 4.92 Å². The van der Waals surface area contributed by atoms with Crippen LogP contribution in [0.4, 0.5) is 11.6 Å². The number of aromatic nitrogens is 2. The Kier molecular flexibility index (Phi) is 3.51. The minimum atomic E-state index is -0.388. The summed E-state index contributed by atoms with van der Waals surface area (Å²) in [4.78, 5) is 16.9. The van der Waals surface area contributed by atoms with Gasteiger partial charge in [-0.2, -0.15) is 0 Å². The second-order valence-electron chi connectivity index (χ2n) is 4.61. The molecule has 100 valence electrons. The lowest BCUT2D eigenvalue weighted by atomic mass is 10.2. The smallest absolute Gasteiger partial charge is 0.358 e. The fraction of sp³-hybridized carbons (Fsp3) is 0.727. The van der Waals surface area contributed by atoms with Gasteiger partial charge in [-0.1, -0.05) is 0 Å². The van der Waals surface area contributed by atoms with E-state index in [-0.39, 0.29) is 10.7 Å². The van der Waals surface area contributed by atoms with Gasteiger partial charge in [0.1, 0.15) is 0 Å². The second kappa shape index (κ2) is 4.93. The fourth-order valence-electron chi connectivity index (χ4n) is 2.48. The zero-order valence-electron chi connectivity index (χ0n) is 11.0. The third-order valence-corrected chi connectivity index (χ3v) is 3.27. The van der Waals surface area contributed by atoms with E-state index in [9.17, 15) is 10.1 Å². The van der Waals surface area contributed by atoms with Crippen molar-refractivity contribution in [2.24, 2.45) is 0 Å². The molecule has 18 heavy (non-hydrogen) atoms. The lowest BCUT2D eigenvalue weighted by Crippen LogP contribution is -2.50. The van der Waals surface area contributed by atoms with Crippen LogP contribution in [0, 0.1) is 17.0 Å². The molecule has 1 N–H and O–H groups in total. The van der Waals surface area contributed by atoms with Gasteiger partial charge in [0, 0.05) is 39.1 Å². The van der Waals surface area contributed by atoms with E-state index < -0.39 is 0 Å². The molecule has 0 amide bonds. The Morgan fingerprint density at radius 3 is 2.89 bits per heavy atom. The van der Waals surface area contributed by atoms with Gasteiger partial charge in [-0.05, 0) is 23.8 Å². The van der Waals surface area contributed by atoms with Crippen LogP contribution in [0.1, 0.15) is 19.7 Å². The molecule has 1 aromatic rings. The summed E-state index contributed by atoms with van der Waals surface area (Å²) < 4.78 is 1.91. The van der Waals surface area contributed by atoms with E-state index in [1.165, 1.54) is 0 Å². The van der Waals surface area contributed by atoms with Crippen LogP contribution in [0.2, 0.25) is 0 Å². The monoisotopic (exact) mass is 253 g/mol. The van der Waals surface area contributed by atoms with Gasteiger partial charge >= 0.3 is 5.82 Å². The maximum Gasteiger partial charge on any atom is 0.406 e. The Hall–Kier alpha value is -1.63. The molecule has 1 aromatic heterocycles. The Balaban J connectivity index is 2.43. The van der Waals surface area contributed by atoms with Crippen molar-refractivity contribution in [2.75, 3.05) is 24.5 Å². The molecule has 0 aliphatic carbocycles. The molecule has 0 bridgehead atoms. The van der Waals surface area contributed by atoms with E-state index >= 15 is 0 Å². The summed E-state index contributed by atoms with van der Waals surface area (Å²) in [6.07, 6.45) is 0. The molecule has 1 fully saturated rings. The molecule has 7 nitrogen and oxygen atoms in total. The molecule has 1 saturated heterocycles. The molecule has 0 spiro atoms. The summed E-state index contributed by atoms with van der Waals surface area (Å²) in [7, 11) is 0. The van der Waals surface area contributed by atoms with Crippen molar-refractivity contribution in [2.45, 2.75) is 33.4 Å². The minimum absolute atomic E-state index is 0.0246. The number of hydrogen-bond acceptors (Lipinski definition) is 5. The van der Waals surface area contributed by atoms with Gasteiger partial charge in [0.05, 0.1) is 0 Å². The summed E-state index contributed by atoms with van der Waals surface area (Å²) in [5.74, 6) is 1.32. The van der Waals surface area contributed by atoms with Gasteiger partial charge in [0.2, 0.25) is 11.6 Å². The molecule has 0 saturated carbocycles. The van der Waals surface area contributed by atoms with E-state index in [0.717, 1.165) is 19.6 Å². The molecule has 2 heterocycles. The van der Waals surface area contributed by atoms with Gasteiger partial charge in [-0.25, -0.2) is 0 Å². The topological polar surface area (TPSA) is 76.2 Å². The average molecular weight is 253 g/mol. The Bertz CT molecular complexity index is 457. The van der Waals surface area contributed by atoms with E-state index in [1.807, 2.05) is 18.4 Å². The van der Waals surface area contributed by atoms with Crippen molar-refractivity contribution in [1.82, 2.24) is 14.9 Å². The predicted octanol–water partition coefficient (Wildman–Crippen LogP) is 0.918. The highest BCUT2D eigenvalue weighted by Crippen LogP contribution is 2.29. The summed E-state index contributed by atoms with van der Waals surface area (Å²) >= 11 is 0. The molecule has 1 aliphatic heterocycles. The SMILES string of the molecule is CCn1c(C)nc([N+](=O)[O-])c1N1CCN[C@H](C)C1. The van der Waals surface area contributed by atoms with E-state index in [4.69, 9.17) is 0 Å². The highest BCUT2D eigenvalue weighted by atomic mass is 16.6. The Labute approximate surface area is 106 Å². The van der Waals surface area contributed by atoms with Crippen molar-refractivity contribution in [3.63, 3.8) is 0 Å². The molecule has 0 radical (unpaired) electrons. The van der Waals surface area contributed by atoms with Crippen molar-refractivity contribution in [1.29, 1.82) is 0 Å². The number of hydrogen-bond donors (Lipinski definition) is 1. The van der Waals surface area contributed by atoms with Crippen LogP contribution in [0.15, 0.2) is 0 Å². The van der Waals surface area contributed by atoms with Gasteiger partial charge in [-0.3, -0.25) is 4.57 Å².